The van der Waals surface area contributed by atoms with Gasteiger partial charge < -0.3 is 24.4 Å². The highest BCUT2D eigenvalue weighted by Crippen LogP contribution is 2.29. The Hall–Kier alpha value is -3.06. The van der Waals surface area contributed by atoms with Crippen molar-refractivity contribution < 1.29 is 23.8 Å². The van der Waals surface area contributed by atoms with Crippen molar-refractivity contribution in [3.63, 3.8) is 0 Å². The highest BCUT2D eigenvalue weighted by Gasteiger charge is 2.19. The molecule has 28 heavy (non-hydrogen) atoms. The van der Waals surface area contributed by atoms with Gasteiger partial charge in [0, 0.05) is 18.8 Å². The summed E-state index contributed by atoms with van der Waals surface area (Å²) >= 11 is 0. The Morgan fingerprint density at radius 2 is 1.61 bits per heavy atom. The number of nitrogens with zero attached hydrogens (tertiary/aromatic N) is 1. The highest BCUT2D eigenvalue weighted by molar-refractivity contribution is 6.08. The van der Waals surface area contributed by atoms with Crippen molar-refractivity contribution in [1.29, 1.82) is 0 Å². The molecule has 0 spiro atoms. The zero-order valence-electron chi connectivity index (χ0n) is 16.1. The SMILES string of the molecule is COc1cccc(OC)c1C(=O)Nc1ccc(CC(=O)N2CCOCC2)cc1. The molecule has 1 heterocycles. The zero-order valence-corrected chi connectivity index (χ0v) is 16.1. The predicted octanol–water partition coefficient (Wildman–Crippen LogP) is 2.36. The molecule has 0 unspecified atom stereocenters. The van der Waals surface area contributed by atoms with Crippen LogP contribution in [0, 0.1) is 0 Å². The van der Waals surface area contributed by atoms with Gasteiger partial charge in [-0.2, -0.15) is 0 Å². The second-order valence-corrected chi connectivity index (χ2v) is 6.36. The number of morpholine rings is 1. The molecular formula is C21H24N2O5. The fraction of sp³-hybridized carbons (Fsp3) is 0.333. The maximum atomic E-state index is 12.7. The second-order valence-electron chi connectivity index (χ2n) is 6.36. The summed E-state index contributed by atoms with van der Waals surface area (Å²) in [6.07, 6.45) is 0.328. The van der Waals surface area contributed by atoms with Crippen LogP contribution >= 0.6 is 0 Å². The number of benzene rings is 2. The van der Waals surface area contributed by atoms with E-state index in [2.05, 4.69) is 5.32 Å². The first-order valence-corrected chi connectivity index (χ1v) is 9.09. The van der Waals surface area contributed by atoms with Crippen molar-refractivity contribution >= 4 is 17.5 Å². The van der Waals surface area contributed by atoms with Gasteiger partial charge in [0.25, 0.3) is 5.91 Å². The van der Waals surface area contributed by atoms with Gasteiger partial charge in [-0.25, -0.2) is 0 Å². The van der Waals surface area contributed by atoms with Crippen LogP contribution < -0.4 is 14.8 Å². The third-order valence-electron chi connectivity index (χ3n) is 4.59. The summed E-state index contributed by atoms with van der Waals surface area (Å²) < 4.78 is 15.8. The maximum Gasteiger partial charge on any atom is 0.263 e. The van der Waals surface area contributed by atoms with E-state index < -0.39 is 0 Å². The third kappa shape index (κ3) is 4.61. The minimum atomic E-state index is -0.327. The van der Waals surface area contributed by atoms with E-state index in [0.717, 1.165) is 5.56 Å². The van der Waals surface area contributed by atoms with Crippen molar-refractivity contribution in [2.45, 2.75) is 6.42 Å². The van der Waals surface area contributed by atoms with E-state index in [0.29, 0.717) is 55.5 Å². The number of rotatable bonds is 6. The summed E-state index contributed by atoms with van der Waals surface area (Å²) in [5, 5.41) is 2.84. The van der Waals surface area contributed by atoms with Gasteiger partial charge in [0.15, 0.2) is 0 Å². The van der Waals surface area contributed by atoms with E-state index in [9.17, 15) is 9.59 Å². The Balaban J connectivity index is 1.66. The molecule has 1 saturated heterocycles. The van der Waals surface area contributed by atoms with E-state index in [1.54, 1.807) is 30.3 Å². The fourth-order valence-corrected chi connectivity index (χ4v) is 3.07. The average Bonchev–Trinajstić information content (AvgIpc) is 2.75. The molecule has 7 heteroatoms. The standard InChI is InChI=1S/C21H24N2O5/c1-26-17-4-3-5-18(27-2)20(17)21(25)22-16-8-6-15(7-9-16)14-19(24)23-10-12-28-13-11-23/h3-9H,10-14H2,1-2H3,(H,22,25). The summed E-state index contributed by atoms with van der Waals surface area (Å²) in [7, 11) is 3.01. The van der Waals surface area contributed by atoms with Crippen LogP contribution in [0.3, 0.4) is 0 Å². The lowest BCUT2D eigenvalue weighted by Crippen LogP contribution is -2.41. The number of anilines is 1. The van der Waals surface area contributed by atoms with Gasteiger partial charge in [0.1, 0.15) is 17.1 Å². The van der Waals surface area contributed by atoms with Crippen LogP contribution in [0.4, 0.5) is 5.69 Å². The van der Waals surface area contributed by atoms with Gasteiger partial charge in [-0.05, 0) is 29.8 Å². The monoisotopic (exact) mass is 384 g/mol. The molecule has 0 bridgehead atoms. The molecule has 0 saturated carbocycles. The lowest BCUT2D eigenvalue weighted by Gasteiger charge is -2.26. The Morgan fingerprint density at radius 1 is 1.00 bits per heavy atom. The van der Waals surface area contributed by atoms with Crippen molar-refractivity contribution in [1.82, 2.24) is 4.90 Å². The molecule has 2 aromatic rings. The molecule has 3 rings (SSSR count). The summed E-state index contributed by atoms with van der Waals surface area (Å²) in [6, 6.07) is 12.4. The topological polar surface area (TPSA) is 77.1 Å². The molecule has 0 atom stereocenters. The highest BCUT2D eigenvalue weighted by atomic mass is 16.5. The molecule has 7 nitrogen and oxygen atoms in total. The molecule has 1 aliphatic heterocycles. The maximum absolute atomic E-state index is 12.7. The summed E-state index contributed by atoms with van der Waals surface area (Å²) in [4.78, 5) is 26.8. The van der Waals surface area contributed by atoms with Gasteiger partial charge in [-0.15, -0.1) is 0 Å². The number of nitrogens with one attached hydrogen (secondary N) is 1. The lowest BCUT2D eigenvalue weighted by molar-refractivity contribution is -0.134. The van der Waals surface area contributed by atoms with Crippen LogP contribution in [0.1, 0.15) is 15.9 Å². The van der Waals surface area contributed by atoms with Crippen molar-refractivity contribution in [2.24, 2.45) is 0 Å². The molecule has 2 amide bonds. The Kier molecular flexibility index (Phi) is 6.49. The molecule has 0 radical (unpaired) electrons. The third-order valence-corrected chi connectivity index (χ3v) is 4.59. The van der Waals surface area contributed by atoms with E-state index in [4.69, 9.17) is 14.2 Å². The van der Waals surface area contributed by atoms with Crippen LogP contribution in [0.15, 0.2) is 42.5 Å². The predicted molar refractivity (Wildman–Crippen MR) is 105 cm³/mol. The molecule has 0 aromatic heterocycles. The van der Waals surface area contributed by atoms with Crippen LogP contribution in [0.25, 0.3) is 0 Å². The average molecular weight is 384 g/mol. The summed E-state index contributed by atoms with van der Waals surface area (Å²) in [5.74, 6) is 0.624. The minimum Gasteiger partial charge on any atom is -0.496 e. The van der Waals surface area contributed by atoms with Crippen LogP contribution in [0.2, 0.25) is 0 Å². The second kappa shape index (κ2) is 9.23. The van der Waals surface area contributed by atoms with E-state index in [1.807, 2.05) is 17.0 Å². The molecule has 2 aromatic carbocycles. The smallest absolute Gasteiger partial charge is 0.263 e. The first kappa shape index (κ1) is 19.7. The first-order valence-electron chi connectivity index (χ1n) is 9.09. The van der Waals surface area contributed by atoms with Crippen LogP contribution in [-0.4, -0.2) is 57.2 Å². The Labute approximate surface area is 164 Å². The fourth-order valence-electron chi connectivity index (χ4n) is 3.07. The summed E-state index contributed by atoms with van der Waals surface area (Å²) in [5.41, 5.74) is 1.85. The minimum absolute atomic E-state index is 0.0823. The Bertz CT molecular complexity index is 807. The number of hydrogen-bond donors (Lipinski definition) is 1. The molecule has 1 fully saturated rings. The van der Waals surface area contributed by atoms with Crippen molar-refractivity contribution in [3.8, 4) is 11.5 Å². The molecule has 148 valence electrons. The van der Waals surface area contributed by atoms with Gasteiger partial charge in [0.05, 0.1) is 33.9 Å². The first-order chi connectivity index (χ1) is 13.6. The van der Waals surface area contributed by atoms with Gasteiger partial charge in [0.2, 0.25) is 5.91 Å². The normalized spacial score (nSPS) is 13.7. The molecule has 1 N–H and O–H groups in total. The number of carbonyl (C=O) groups excluding carboxylic acids is 2. The van der Waals surface area contributed by atoms with E-state index >= 15 is 0 Å². The molecule has 1 aliphatic rings. The van der Waals surface area contributed by atoms with Gasteiger partial charge in [-0.3, -0.25) is 9.59 Å². The summed E-state index contributed by atoms with van der Waals surface area (Å²) in [6.45, 7) is 2.44. The van der Waals surface area contributed by atoms with Gasteiger partial charge in [-0.1, -0.05) is 18.2 Å². The van der Waals surface area contributed by atoms with E-state index in [1.165, 1.54) is 14.2 Å². The van der Waals surface area contributed by atoms with Crippen molar-refractivity contribution in [3.05, 3.63) is 53.6 Å². The van der Waals surface area contributed by atoms with Gasteiger partial charge >= 0.3 is 0 Å². The lowest BCUT2D eigenvalue weighted by atomic mass is 10.1. The van der Waals surface area contributed by atoms with Crippen LogP contribution in [0.5, 0.6) is 11.5 Å². The largest absolute Gasteiger partial charge is 0.496 e. The van der Waals surface area contributed by atoms with Crippen LogP contribution in [-0.2, 0) is 16.0 Å². The van der Waals surface area contributed by atoms with Crippen molar-refractivity contribution in [2.75, 3.05) is 45.8 Å². The zero-order chi connectivity index (χ0) is 19.9. The molecular weight excluding hydrogens is 360 g/mol. The molecule has 0 aliphatic carbocycles. The number of methoxy groups -OCH3 is 2. The number of hydrogen-bond acceptors (Lipinski definition) is 5. The number of amides is 2. The quantitative estimate of drug-likeness (QED) is 0.827. The number of ether oxygens (including phenoxy) is 3. The number of carbonyl (C=O) groups is 2. The van der Waals surface area contributed by atoms with E-state index in [-0.39, 0.29) is 11.8 Å². The Morgan fingerprint density at radius 3 is 2.18 bits per heavy atom.